The third-order valence-corrected chi connectivity index (χ3v) is 2.01. The number of carbonyl (C=O) groups excluding carboxylic acids is 1. The highest BCUT2D eigenvalue weighted by atomic mass is 35.7. The van der Waals surface area contributed by atoms with Crippen molar-refractivity contribution in [1.82, 2.24) is 19.7 Å². The molecule has 2 amide bonds. The molecule has 11 heteroatoms. The van der Waals surface area contributed by atoms with Gasteiger partial charge in [-0.15, -0.1) is 0 Å². The molecule has 1 aromatic heterocycles. The van der Waals surface area contributed by atoms with Crippen LogP contribution in [0.2, 0.25) is 0 Å². The number of anilines is 1. The number of urea groups is 1. The Kier molecular flexibility index (Phi) is 4.02. The van der Waals surface area contributed by atoms with E-state index in [2.05, 4.69) is 20.3 Å². The normalized spacial score (nSPS) is 10.8. The maximum Gasteiger partial charge on any atom is 0.336 e. The molecule has 1 heterocycles. The molecule has 1 rings (SSSR count). The Hall–Kier alpha value is -1.68. The number of nitrogens with one attached hydrogen (secondary N) is 2. The van der Waals surface area contributed by atoms with Gasteiger partial charge in [-0.2, -0.15) is 23.4 Å². The number of rotatable bonds is 3. The number of nitrogens with zero attached hydrogens (tertiary/aromatic N) is 3. The van der Waals surface area contributed by atoms with Gasteiger partial charge in [0.2, 0.25) is 5.95 Å². The monoisotopic (exact) mass is 281 g/mol. The van der Waals surface area contributed by atoms with Gasteiger partial charge in [0.1, 0.15) is 5.82 Å². The number of amides is 2. The van der Waals surface area contributed by atoms with Crippen LogP contribution in [0.25, 0.3) is 0 Å². The average molecular weight is 282 g/mol. The molecular weight excluding hydrogens is 274 g/mol. The molecule has 0 fully saturated rings. The molecule has 0 aliphatic carbocycles. The van der Waals surface area contributed by atoms with E-state index in [1.165, 1.54) is 11.8 Å². The van der Waals surface area contributed by atoms with E-state index in [0.717, 1.165) is 0 Å². The smallest absolute Gasteiger partial charge is 0.336 e. The van der Waals surface area contributed by atoms with E-state index >= 15 is 0 Å². The van der Waals surface area contributed by atoms with Crippen molar-refractivity contribution < 1.29 is 17.9 Å². The lowest BCUT2D eigenvalue weighted by Crippen LogP contribution is -2.32. The molecular formula is C6H8ClN5O4S. The second-order valence-electron chi connectivity index (χ2n) is 2.69. The van der Waals surface area contributed by atoms with E-state index in [1.807, 2.05) is 0 Å². The number of carbonyl (C=O) groups is 1. The zero-order chi connectivity index (χ0) is 13.1. The van der Waals surface area contributed by atoms with Crippen LogP contribution in [-0.2, 0) is 9.24 Å². The fourth-order valence-corrected chi connectivity index (χ4v) is 1.32. The van der Waals surface area contributed by atoms with Gasteiger partial charge in [0.25, 0.3) is 0 Å². The maximum atomic E-state index is 11.1. The van der Waals surface area contributed by atoms with E-state index < -0.39 is 15.3 Å². The maximum absolute atomic E-state index is 11.1. The van der Waals surface area contributed by atoms with Crippen LogP contribution in [0.15, 0.2) is 0 Å². The second kappa shape index (κ2) is 5.10. The summed E-state index contributed by atoms with van der Waals surface area (Å²) in [5.74, 6) is 0.132. The van der Waals surface area contributed by atoms with Gasteiger partial charge in [-0.1, -0.05) is 0 Å². The van der Waals surface area contributed by atoms with Crippen LogP contribution in [0.4, 0.5) is 10.7 Å². The topological polar surface area (TPSA) is 123 Å². The molecule has 0 spiro atoms. The van der Waals surface area contributed by atoms with Crippen molar-refractivity contribution in [1.29, 1.82) is 0 Å². The minimum Gasteiger partial charge on any atom is -0.467 e. The SMILES string of the molecule is COc1nc(C)nc(NC(=O)NS(=O)(=O)Cl)n1. The van der Waals surface area contributed by atoms with Crippen molar-refractivity contribution in [3.63, 3.8) is 0 Å². The number of hydrogen-bond acceptors (Lipinski definition) is 7. The summed E-state index contributed by atoms with van der Waals surface area (Å²) in [6.45, 7) is 1.55. The number of methoxy groups -OCH3 is 1. The zero-order valence-corrected chi connectivity index (χ0v) is 10.3. The first-order valence-electron chi connectivity index (χ1n) is 4.10. The third-order valence-electron chi connectivity index (χ3n) is 1.35. The molecule has 0 unspecified atom stereocenters. The third kappa shape index (κ3) is 4.78. The van der Waals surface area contributed by atoms with Crippen molar-refractivity contribution in [2.75, 3.05) is 12.4 Å². The zero-order valence-electron chi connectivity index (χ0n) is 8.76. The Morgan fingerprint density at radius 2 is 2.00 bits per heavy atom. The molecule has 0 atom stereocenters. The molecule has 94 valence electrons. The van der Waals surface area contributed by atoms with E-state index in [4.69, 9.17) is 15.4 Å². The number of halogens is 1. The summed E-state index contributed by atoms with van der Waals surface area (Å²) in [5.41, 5.74) is 0. The summed E-state index contributed by atoms with van der Waals surface area (Å²) in [7, 11) is 1.98. The van der Waals surface area contributed by atoms with Gasteiger partial charge >= 0.3 is 21.3 Å². The van der Waals surface area contributed by atoms with E-state index in [9.17, 15) is 13.2 Å². The van der Waals surface area contributed by atoms with Crippen LogP contribution in [0.3, 0.4) is 0 Å². The summed E-state index contributed by atoms with van der Waals surface area (Å²) < 4.78 is 27.3. The van der Waals surface area contributed by atoms with Gasteiger partial charge in [-0.05, 0) is 6.92 Å². The van der Waals surface area contributed by atoms with Gasteiger partial charge in [-0.25, -0.2) is 9.52 Å². The van der Waals surface area contributed by atoms with Gasteiger partial charge in [-0.3, -0.25) is 5.32 Å². The van der Waals surface area contributed by atoms with Gasteiger partial charge in [0.05, 0.1) is 7.11 Å². The summed E-state index contributed by atoms with van der Waals surface area (Å²) in [6.07, 6.45) is 0. The van der Waals surface area contributed by atoms with Crippen LogP contribution in [-0.4, -0.2) is 36.5 Å². The van der Waals surface area contributed by atoms with E-state index in [1.54, 1.807) is 6.92 Å². The van der Waals surface area contributed by atoms with Gasteiger partial charge < -0.3 is 4.74 Å². The predicted molar refractivity (Wildman–Crippen MR) is 58.0 cm³/mol. The highest BCUT2D eigenvalue weighted by Crippen LogP contribution is 2.06. The van der Waals surface area contributed by atoms with Gasteiger partial charge in [0.15, 0.2) is 0 Å². The van der Waals surface area contributed by atoms with Crippen molar-refractivity contribution in [2.24, 2.45) is 0 Å². The lowest BCUT2D eigenvalue weighted by Gasteiger charge is -2.05. The number of aryl methyl sites for hydroxylation is 1. The summed E-state index contributed by atoms with van der Waals surface area (Å²) in [4.78, 5) is 22.3. The lowest BCUT2D eigenvalue weighted by molar-refractivity contribution is 0.256. The number of aromatic nitrogens is 3. The molecule has 2 N–H and O–H groups in total. The molecule has 9 nitrogen and oxygen atoms in total. The van der Waals surface area contributed by atoms with Crippen molar-refractivity contribution >= 4 is 31.9 Å². The Bertz CT molecular complexity index is 533. The number of hydrogen-bond donors (Lipinski definition) is 2. The van der Waals surface area contributed by atoms with E-state index in [-0.39, 0.29) is 12.0 Å². The van der Waals surface area contributed by atoms with Crippen molar-refractivity contribution in [2.45, 2.75) is 6.92 Å². The summed E-state index contributed by atoms with van der Waals surface area (Å²) >= 11 is 0. The Balaban J connectivity index is 2.81. The second-order valence-corrected chi connectivity index (χ2v) is 4.99. The molecule has 0 aliphatic rings. The minimum atomic E-state index is -4.16. The highest BCUT2D eigenvalue weighted by Gasteiger charge is 2.12. The molecule has 1 aromatic rings. The fraction of sp³-hybridized carbons (Fsp3) is 0.333. The van der Waals surface area contributed by atoms with Crippen LogP contribution in [0, 0.1) is 6.92 Å². The van der Waals surface area contributed by atoms with Crippen molar-refractivity contribution in [3.05, 3.63) is 5.82 Å². The molecule has 0 aliphatic heterocycles. The summed E-state index contributed by atoms with van der Waals surface area (Å²) in [5, 5.41) is 2.06. The number of ether oxygens (including phenoxy) is 1. The minimum absolute atomic E-state index is 0.0125. The van der Waals surface area contributed by atoms with Crippen LogP contribution < -0.4 is 14.8 Å². The highest BCUT2D eigenvalue weighted by molar-refractivity contribution is 8.12. The van der Waals surface area contributed by atoms with Crippen LogP contribution in [0.1, 0.15) is 5.82 Å². The largest absolute Gasteiger partial charge is 0.467 e. The van der Waals surface area contributed by atoms with E-state index in [0.29, 0.717) is 5.82 Å². The quantitative estimate of drug-likeness (QED) is 0.735. The van der Waals surface area contributed by atoms with Crippen LogP contribution >= 0.6 is 10.7 Å². The fourth-order valence-electron chi connectivity index (χ4n) is 0.842. The van der Waals surface area contributed by atoms with Crippen LogP contribution in [0.5, 0.6) is 6.01 Å². The molecule has 0 bridgehead atoms. The Morgan fingerprint density at radius 3 is 2.53 bits per heavy atom. The summed E-state index contributed by atoms with van der Waals surface area (Å²) in [6, 6.07) is -1.10. The first kappa shape index (κ1) is 13.4. The molecule has 0 saturated heterocycles. The lowest BCUT2D eigenvalue weighted by atomic mass is 10.7. The standard InChI is InChI=1S/C6H8ClN5O4S/c1-3-8-4(11-6(9-3)16-2)10-5(13)12-17(7,14)15/h1-2H3,(H2,8,9,10,11,12,13). The Morgan fingerprint density at radius 1 is 1.35 bits per heavy atom. The average Bonchev–Trinajstić information content (AvgIpc) is 2.13. The first-order valence-corrected chi connectivity index (χ1v) is 6.41. The molecule has 0 saturated carbocycles. The molecule has 17 heavy (non-hydrogen) atoms. The molecule has 0 radical (unpaired) electrons. The molecule has 0 aromatic carbocycles. The van der Waals surface area contributed by atoms with Crippen molar-refractivity contribution in [3.8, 4) is 6.01 Å². The Labute approximate surface area is 101 Å². The van der Waals surface area contributed by atoms with Gasteiger partial charge in [0, 0.05) is 10.7 Å². The predicted octanol–water partition coefficient (Wildman–Crippen LogP) is -0.206. The first-order chi connectivity index (χ1) is 7.80.